The number of nitrogens with zero attached hydrogens (tertiary/aromatic N) is 4. The molecule has 0 bridgehead atoms. The Labute approximate surface area is 165 Å². The maximum Gasteiger partial charge on any atom is 0.262 e. The van der Waals surface area contributed by atoms with Crippen LogP contribution in [0.4, 0.5) is 0 Å². The molecule has 1 aliphatic carbocycles. The molecule has 2 heterocycles. The number of aromatic nitrogens is 4. The first-order valence-electron chi connectivity index (χ1n) is 9.27. The predicted molar refractivity (Wildman–Crippen MR) is 108 cm³/mol. The molecule has 1 atom stereocenters. The fraction of sp³-hybridized carbons (Fsp3) is 0.238. The maximum atomic E-state index is 13.0. The molecule has 6 nitrogen and oxygen atoms in total. The lowest BCUT2D eigenvalue weighted by Crippen LogP contribution is -2.22. The largest absolute Gasteiger partial charge is 0.419 e. The van der Waals surface area contributed by atoms with Crippen LogP contribution in [0.1, 0.15) is 36.9 Å². The molecule has 0 aliphatic heterocycles. The number of hydrogen-bond acceptors (Lipinski definition) is 6. The summed E-state index contributed by atoms with van der Waals surface area (Å²) in [5, 5.41) is 9.63. The highest BCUT2D eigenvalue weighted by Gasteiger charge is 2.30. The quantitative estimate of drug-likeness (QED) is 0.365. The van der Waals surface area contributed by atoms with Crippen LogP contribution in [0.25, 0.3) is 22.4 Å². The van der Waals surface area contributed by atoms with Crippen LogP contribution in [0.2, 0.25) is 0 Å². The molecule has 0 saturated heterocycles. The average Bonchev–Trinajstić information content (AvgIpc) is 3.43. The van der Waals surface area contributed by atoms with Gasteiger partial charge in [0.05, 0.1) is 16.2 Å². The van der Waals surface area contributed by atoms with Gasteiger partial charge >= 0.3 is 0 Å². The van der Waals surface area contributed by atoms with E-state index in [2.05, 4.69) is 10.2 Å². The number of rotatable bonds is 5. The molecule has 5 rings (SSSR count). The fourth-order valence-corrected chi connectivity index (χ4v) is 4.18. The maximum absolute atomic E-state index is 13.0. The van der Waals surface area contributed by atoms with Gasteiger partial charge in [0.1, 0.15) is 0 Å². The molecule has 0 amide bonds. The van der Waals surface area contributed by atoms with Gasteiger partial charge in [-0.1, -0.05) is 42.1 Å². The van der Waals surface area contributed by atoms with Crippen LogP contribution in [0.15, 0.2) is 69.0 Å². The molecular formula is C21H18N4O2S. The lowest BCUT2D eigenvalue weighted by atomic mass is 10.2. The Balaban J connectivity index is 1.49. The number of benzene rings is 2. The third-order valence-corrected chi connectivity index (χ3v) is 5.83. The molecule has 1 unspecified atom stereocenters. The van der Waals surface area contributed by atoms with E-state index in [1.807, 2.05) is 66.1 Å². The summed E-state index contributed by atoms with van der Waals surface area (Å²) in [6.45, 7) is 1.99. The van der Waals surface area contributed by atoms with Crippen LogP contribution in [0.3, 0.4) is 0 Å². The van der Waals surface area contributed by atoms with Crippen molar-refractivity contribution in [3.05, 3.63) is 70.8 Å². The van der Waals surface area contributed by atoms with Crippen LogP contribution in [0.5, 0.6) is 0 Å². The summed E-state index contributed by atoms with van der Waals surface area (Å²) in [6, 6.07) is 17.4. The van der Waals surface area contributed by atoms with E-state index >= 15 is 0 Å². The molecule has 0 spiro atoms. The molecule has 1 saturated carbocycles. The van der Waals surface area contributed by atoms with Crippen LogP contribution in [0, 0.1) is 0 Å². The average molecular weight is 390 g/mol. The van der Waals surface area contributed by atoms with E-state index in [1.165, 1.54) is 11.8 Å². The van der Waals surface area contributed by atoms with Gasteiger partial charge in [0.15, 0.2) is 5.16 Å². The zero-order chi connectivity index (χ0) is 19.1. The lowest BCUT2D eigenvalue weighted by Gasteiger charge is -2.14. The van der Waals surface area contributed by atoms with Crippen molar-refractivity contribution in [1.29, 1.82) is 0 Å². The van der Waals surface area contributed by atoms with E-state index in [0.717, 1.165) is 23.9 Å². The smallest absolute Gasteiger partial charge is 0.262 e. The molecule has 28 heavy (non-hydrogen) atoms. The topological polar surface area (TPSA) is 73.8 Å². The van der Waals surface area contributed by atoms with E-state index < -0.39 is 0 Å². The summed E-state index contributed by atoms with van der Waals surface area (Å²) in [6.07, 6.45) is 2.03. The second-order valence-corrected chi connectivity index (χ2v) is 8.20. The van der Waals surface area contributed by atoms with Crippen molar-refractivity contribution in [3.8, 4) is 11.5 Å². The summed E-state index contributed by atoms with van der Waals surface area (Å²) in [7, 11) is 0. The minimum absolute atomic E-state index is 0.0262. The molecule has 1 fully saturated rings. The third-order valence-electron chi connectivity index (χ3n) is 4.78. The van der Waals surface area contributed by atoms with Crippen molar-refractivity contribution < 1.29 is 4.42 Å². The van der Waals surface area contributed by atoms with Gasteiger partial charge in [-0.3, -0.25) is 9.36 Å². The molecule has 140 valence electrons. The SMILES string of the molecule is CC(Sc1nc2ccccc2c(=O)n1C1CC1)c1nnc(-c2ccccc2)o1. The van der Waals surface area contributed by atoms with Gasteiger partial charge in [-0.15, -0.1) is 10.2 Å². The van der Waals surface area contributed by atoms with Gasteiger partial charge in [0, 0.05) is 11.6 Å². The van der Waals surface area contributed by atoms with Gasteiger partial charge in [-0.05, 0) is 44.0 Å². The van der Waals surface area contributed by atoms with E-state index in [1.54, 1.807) is 0 Å². The predicted octanol–water partition coefficient (Wildman–Crippen LogP) is 4.63. The number of thioether (sulfide) groups is 1. The van der Waals surface area contributed by atoms with Crippen molar-refractivity contribution in [2.75, 3.05) is 0 Å². The molecule has 4 aromatic rings. The first-order valence-corrected chi connectivity index (χ1v) is 10.2. The van der Waals surface area contributed by atoms with Crippen LogP contribution in [-0.4, -0.2) is 19.7 Å². The Bertz CT molecular complexity index is 1200. The minimum atomic E-state index is -0.122. The van der Waals surface area contributed by atoms with E-state index in [-0.39, 0.29) is 16.9 Å². The van der Waals surface area contributed by atoms with E-state index in [9.17, 15) is 4.79 Å². The van der Waals surface area contributed by atoms with E-state index in [4.69, 9.17) is 9.40 Å². The molecule has 7 heteroatoms. The van der Waals surface area contributed by atoms with E-state index in [0.29, 0.717) is 22.3 Å². The normalized spacial score (nSPS) is 15.0. The van der Waals surface area contributed by atoms with Gasteiger partial charge in [0.25, 0.3) is 5.56 Å². The first kappa shape index (κ1) is 17.2. The fourth-order valence-electron chi connectivity index (χ4n) is 3.17. The number of para-hydroxylation sites is 1. The van der Waals surface area contributed by atoms with Crippen molar-refractivity contribution >= 4 is 22.7 Å². The third kappa shape index (κ3) is 3.11. The summed E-state index contributed by atoms with van der Waals surface area (Å²) < 4.78 is 7.71. The highest BCUT2D eigenvalue weighted by Crippen LogP contribution is 2.40. The summed E-state index contributed by atoms with van der Waals surface area (Å²) in [5.41, 5.74) is 1.63. The van der Waals surface area contributed by atoms with Crippen molar-refractivity contribution in [2.45, 2.75) is 36.2 Å². The van der Waals surface area contributed by atoms with Crippen molar-refractivity contribution in [3.63, 3.8) is 0 Å². The summed E-state index contributed by atoms with van der Waals surface area (Å²) >= 11 is 1.48. The lowest BCUT2D eigenvalue weighted by molar-refractivity contribution is 0.508. The standard InChI is InChI=1S/C21H18N4O2S/c1-13(18-23-24-19(27-18)14-7-3-2-4-8-14)28-21-22-17-10-6-5-9-16(17)20(26)25(21)15-11-12-15/h2-10,13,15H,11-12H2,1H3. The molecular weight excluding hydrogens is 372 g/mol. The summed E-state index contributed by atoms with van der Waals surface area (Å²) in [5.74, 6) is 1.02. The Morgan fingerprint density at radius 1 is 1.07 bits per heavy atom. The Morgan fingerprint density at radius 3 is 2.61 bits per heavy atom. The van der Waals surface area contributed by atoms with Gasteiger partial charge in [-0.2, -0.15) is 0 Å². The molecule has 1 aliphatic rings. The highest BCUT2D eigenvalue weighted by molar-refractivity contribution is 7.99. The zero-order valence-corrected chi connectivity index (χ0v) is 16.1. The minimum Gasteiger partial charge on any atom is -0.419 e. The Morgan fingerprint density at radius 2 is 1.82 bits per heavy atom. The van der Waals surface area contributed by atoms with Gasteiger partial charge in [0.2, 0.25) is 11.8 Å². The zero-order valence-electron chi connectivity index (χ0n) is 15.3. The molecule has 0 radical (unpaired) electrons. The number of hydrogen-bond donors (Lipinski definition) is 0. The highest BCUT2D eigenvalue weighted by atomic mass is 32.2. The van der Waals surface area contributed by atoms with Gasteiger partial charge < -0.3 is 4.42 Å². The molecule has 2 aromatic carbocycles. The Kier molecular flexibility index (Phi) is 4.24. The summed E-state index contributed by atoms with van der Waals surface area (Å²) in [4.78, 5) is 17.8. The van der Waals surface area contributed by atoms with Crippen LogP contribution in [-0.2, 0) is 0 Å². The first-order chi connectivity index (χ1) is 13.7. The monoisotopic (exact) mass is 390 g/mol. The van der Waals surface area contributed by atoms with Crippen molar-refractivity contribution in [2.24, 2.45) is 0 Å². The second kappa shape index (κ2) is 6.91. The van der Waals surface area contributed by atoms with Gasteiger partial charge in [-0.25, -0.2) is 4.98 Å². The number of fused-ring (bicyclic) bond motifs is 1. The van der Waals surface area contributed by atoms with Crippen LogP contribution >= 0.6 is 11.8 Å². The van der Waals surface area contributed by atoms with Crippen molar-refractivity contribution in [1.82, 2.24) is 19.7 Å². The van der Waals surface area contributed by atoms with Crippen LogP contribution < -0.4 is 5.56 Å². The molecule has 2 aromatic heterocycles. The Hall–Kier alpha value is -2.93. The second-order valence-electron chi connectivity index (χ2n) is 6.89. The molecule has 0 N–H and O–H groups in total.